The Bertz CT molecular complexity index is 682. The van der Waals surface area contributed by atoms with E-state index < -0.39 is 16.1 Å². The van der Waals surface area contributed by atoms with Crippen molar-refractivity contribution in [2.24, 2.45) is 0 Å². The van der Waals surface area contributed by atoms with Crippen LogP contribution in [0, 0.1) is 0 Å². The molecule has 0 bridgehead atoms. The lowest BCUT2D eigenvalue weighted by atomic mass is 10.1. The van der Waals surface area contributed by atoms with Crippen molar-refractivity contribution in [3.63, 3.8) is 0 Å². The second-order valence-electron chi connectivity index (χ2n) is 4.78. The molecule has 1 atom stereocenters. The van der Waals surface area contributed by atoms with Gasteiger partial charge in [-0.1, -0.05) is 0 Å². The molecule has 0 aliphatic carbocycles. The molecule has 1 aromatic heterocycles. The number of nitrogens with zero attached hydrogens (tertiary/aromatic N) is 2. The molecule has 8 nitrogen and oxygen atoms in total. The van der Waals surface area contributed by atoms with Crippen LogP contribution in [0.15, 0.2) is 11.1 Å². The highest BCUT2D eigenvalue weighted by molar-refractivity contribution is 7.88. The molecule has 20 heavy (non-hydrogen) atoms. The van der Waals surface area contributed by atoms with Gasteiger partial charge in [0.15, 0.2) is 0 Å². The first kappa shape index (κ1) is 14.7. The molecule has 0 spiro atoms. The van der Waals surface area contributed by atoms with Crippen LogP contribution in [0.25, 0.3) is 0 Å². The van der Waals surface area contributed by atoms with Gasteiger partial charge in [0, 0.05) is 12.1 Å². The fourth-order valence-electron chi connectivity index (χ4n) is 2.20. The molecule has 0 radical (unpaired) electrons. The van der Waals surface area contributed by atoms with E-state index in [2.05, 4.69) is 14.7 Å². The van der Waals surface area contributed by atoms with Gasteiger partial charge in [-0.3, -0.25) is 9.59 Å². The number of carbonyl (C=O) groups excluding carboxylic acids is 1. The van der Waals surface area contributed by atoms with E-state index in [1.807, 2.05) is 0 Å². The lowest BCUT2D eigenvalue weighted by Gasteiger charge is -2.29. The highest BCUT2D eigenvalue weighted by atomic mass is 32.2. The van der Waals surface area contributed by atoms with Gasteiger partial charge in [0.05, 0.1) is 30.9 Å². The standard InChI is InChI=1S/C11H16N4O4S/c1-7(14-20(2,18)19)11(17)15-4-3-8-9(5-15)12-6-13-10(8)16/h6-7,14H,3-5H2,1-2H3,(H,12,13,16)/t7-/m1/s1. The predicted octanol–water partition coefficient (Wildman–Crippen LogP) is -1.41. The number of nitrogens with one attached hydrogen (secondary N) is 2. The molecule has 1 amide bonds. The number of sulfonamides is 1. The minimum atomic E-state index is -3.44. The highest BCUT2D eigenvalue weighted by Crippen LogP contribution is 2.13. The second-order valence-corrected chi connectivity index (χ2v) is 6.56. The topological polar surface area (TPSA) is 112 Å². The Morgan fingerprint density at radius 1 is 1.55 bits per heavy atom. The molecule has 1 aliphatic rings. The van der Waals surface area contributed by atoms with Gasteiger partial charge in [-0.15, -0.1) is 0 Å². The maximum absolute atomic E-state index is 12.2. The van der Waals surface area contributed by atoms with Crippen molar-refractivity contribution in [1.82, 2.24) is 19.6 Å². The Balaban J connectivity index is 2.13. The average Bonchev–Trinajstić information content (AvgIpc) is 2.35. The molecule has 0 fully saturated rings. The Morgan fingerprint density at radius 2 is 2.25 bits per heavy atom. The summed E-state index contributed by atoms with van der Waals surface area (Å²) in [5.41, 5.74) is 0.949. The minimum absolute atomic E-state index is 0.190. The molecular weight excluding hydrogens is 284 g/mol. The SMILES string of the molecule is C[C@@H](NS(C)(=O)=O)C(=O)N1CCc2c(nc[nH]c2=O)C1. The zero-order valence-electron chi connectivity index (χ0n) is 11.2. The predicted molar refractivity (Wildman–Crippen MR) is 71.4 cm³/mol. The van der Waals surface area contributed by atoms with Crippen molar-refractivity contribution < 1.29 is 13.2 Å². The summed E-state index contributed by atoms with van der Waals surface area (Å²) < 4.78 is 24.5. The van der Waals surface area contributed by atoms with E-state index in [0.717, 1.165) is 6.26 Å². The zero-order valence-corrected chi connectivity index (χ0v) is 12.0. The summed E-state index contributed by atoms with van der Waals surface area (Å²) in [5.74, 6) is -0.330. The van der Waals surface area contributed by atoms with Gasteiger partial charge in [0.2, 0.25) is 15.9 Å². The lowest BCUT2D eigenvalue weighted by Crippen LogP contribution is -2.48. The first-order valence-electron chi connectivity index (χ1n) is 6.09. The fourth-order valence-corrected chi connectivity index (χ4v) is 2.94. The van der Waals surface area contributed by atoms with Crippen LogP contribution in [0.4, 0.5) is 0 Å². The van der Waals surface area contributed by atoms with Crippen LogP contribution in [0.5, 0.6) is 0 Å². The van der Waals surface area contributed by atoms with Crippen LogP contribution < -0.4 is 10.3 Å². The van der Waals surface area contributed by atoms with Gasteiger partial charge in [-0.2, -0.15) is 0 Å². The highest BCUT2D eigenvalue weighted by Gasteiger charge is 2.27. The molecule has 2 rings (SSSR count). The Kier molecular flexibility index (Phi) is 3.91. The van der Waals surface area contributed by atoms with Crippen molar-refractivity contribution in [3.05, 3.63) is 27.9 Å². The summed E-state index contributed by atoms with van der Waals surface area (Å²) in [6, 6.07) is -0.839. The van der Waals surface area contributed by atoms with Crippen LogP contribution in [-0.4, -0.2) is 48.0 Å². The van der Waals surface area contributed by atoms with Gasteiger partial charge in [-0.05, 0) is 13.3 Å². The van der Waals surface area contributed by atoms with E-state index in [1.165, 1.54) is 18.2 Å². The number of hydrogen-bond acceptors (Lipinski definition) is 5. The normalized spacial score (nSPS) is 16.6. The molecule has 9 heteroatoms. The maximum Gasteiger partial charge on any atom is 0.254 e. The second kappa shape index (κ2) is 5.33. The van der Waals surface area contributed by atoms with Gasteiger partial charge >= 0.3 is 0 Å². The zero-order chi connectivity index (χ0) is 14.9. The molecule has 0 unspecified atom stereocenters. The molecule has 1 aromatic rings. The molecule has 0 saturated heterocycles. The van der Waals surface area contributed by atoms with E-state index in [1.54, 1.807) is 0 Å². The largest absolute Gasteiger partial charge is 0.335 e. The van der Waals surface area contributed by atoms with E-state index in [-0.39, 0.29) is 18.0 Å². The van der Waals surface area contributed by atoms with Crippen molar-refractivity contribution >= 4 is 15.9 Å². The third kappa shape index (κ3) is 3.23. The van der Waals surface area contributed by atoms with Crippen LogP contribution in [-0.2, 0) is 27.8 Å². The summed E-state index contributed by atoms with van der Waals surface area (Å²) in [7, 11) is -3.44. The average molecular weight is 300 g/mol. The summed E-state index contributed by atoms with van der Waals surface area (Å²) in [6.45, 7) is 2.08. The minimum Gasteiger partial charge on any atom is -0.335 e. The molecular formula is C11H16N4O4S. The van der Waals surface area contributed by atoms with E-state index >= 15 is 0 Å². The number of amides is 1. The maximum atomic E-state index is 12.2. The third-order valence-electron chi connectivity index (χ3n) is 3.08. The van der Waals surface area contributed by atoms with E-state index in [0.29, 0.717) is 24.2 Å². The number of H-pyrrole nitrogens is 1. The number of aromatic amines is 1. The first-order chi connectivity index (χ1) is 9.28. The van der Waals surface area contributed by atoms with Crippen molar-refractivity contribution in [3.8, 4) is 0 Å². The Morgan fingerprint density at radius 3 is 2.90 bits per heavy atom. The molecule has 0 aromatic carbocycles. The summed E-state index contributed by atoms with van der Waals surface area (Å²) >= 11 is 0. The van der Waals surface area contributed by atoms with Gasteiger partial charge in [0.25, 0.3) is 5.56 Å². The summed E-state index contributed by atoms with van der Waals surface area (Å²) in [5, 5.41) is 0. The van der Waals surface area contributed by atoms with Crippen molar-refractivity contribution in [1.29, 1.82) is 0 Å². The van der Waals surface area contributed by atoms with Crippen LogP contribution in [0.1, 0.15) is 18.2 Å². The van der Waals surface area contributed by atoms with Crippen LogP contribution >= 0.6 is 0 Å². The molecule has 2 N–H and O–H groups in total. The smallest absolute Gasteiger partial charge is 0.254 e. The van der Waals surface area contributed by atoms with Gasteiger partial charge in [-0.25, -0.2) is 18.1 Å². The van der Waals surface area contributed by atoms with E-state index in [4.69, 9.17) is 0 Å². The summed E-state index contributed by atoms with van der Waals surface area (Å²) in [6.07, 6.45) is 2.71. The fraction of sp³-hybridized carbons (Fsp3) is 0.545. The lowest BCUT2D eigenvalue weighted by molar-refractivity contribution is -0.133. The molecule has 2 heterocycles. The molecule has 1 aliphatic heterocycles. The van der Waals surface area contributed by atoms with Crippen molar-refractivity contribution in [2.75, 3.05) is 12.8 Å². The quantitative estimate of drug-likeness (QED) is 0.712. The number of rotatable bonds is 3. The van der Waals surface area contributed by atoms with Crippen LogP contribution in [0.2, 0.25) is 0 Å². The number of carbonyl (C=O) groups is 1. The number of hydrogen-bond donors (Lipinski definition) is 2. The molecule has 0 saturated carbocycles. The van der Waals surface area contributed by atoms with Gasteiger partial charge in [0.1, 0.15) is 0 Å². The van der Waals surface area contributed by atoms with Gasteiger partial charge < -0.3 is 9.88 Å². The Labute approximate surface area is 116 Å². The Hall–Kier alpha value is -1.74. The summed E-state index contributed by atoms with van der Waals surface area (Å²) in [4.78, 5) is 31.8. The van der Waals surface area contributed by atoms with Crippen LogP contribution in [0.3, 0.4) is 0 Å². The molecule has 110 valence electrons. The number of aromatic nitrogens is 2. The van der Waals surface area contributed by atoms with Crippen molar-refractivity contribution in [2.45, 2.75) is 25.9 Å². The monoisotopic (exact) mass is 300 g/mol. The number of fused-ring (bicyclic) bond motifs is 1. The van der Waals surface area contributed by atoms with E-state index in [9.17, 15) is 18.0 Å². The third-order valence-corrected chi connectivity index (χ3v) is 3.87. The first-order valence-corrected chi connectivity index (χ1v) is 7.98.